The van der Waals surface area contributed by atoms with Gasteiger partial charge >= 0.3 is 6.09 Å². The van der Waals surface area contributed by atoms with Gasteiger partial charge in [-0.25, -0.2) is 4.79 Å². The summed E-state index contributed by atoms with van der Waals surface area (Å²) in [7, 11) is 0. The molecule has 0 bridgehead atoms. The van der Waals surface area contributed by atoms with Crippen LogP contribution >= 0.6 is 11.8 Å². The molecule has 0 spiro atoms. The summed E-state index contributed by atoms with van der Waals surface area (Å²) in [5, 5.41) is 12.8. The highest BCUT2D eigenvalue weighted by atomic mass is 32.2. The van der Waals surface area contributed by atoms with Gasteiger partial charge in [-0.2, -0.15) is 5.26 Å². The molecule has 6 heteroatoms. The molecule has 24 heavy (non-hydrogen) atoms. The van der Waals surface area contributed by atoms with E-state index in [-0.39, 0.29) is 6.61 Å². The summed E-state index contributed by atoms with van der Waals surface area (Å²) < 4.78 is 4.86. The van der Waals surface area contributed by atoms with Gasteiger partial charge in [0.05, 0.1) is 6.61 Å². The zero-order valence-electron chi connectivity index (χ0n) is 13.0. The van der Waals surface area contributed by atoms with Crippen molar-refractivity contribution in [3.8, 4) is 6.07 Å². The van der Waals surface area contributed by atoms with Crippen molar-refractivity contribution in [3.05, 3.63) is 54.1 Å². The minimum Gasteiger partial charge on any atom is -0.450 e. The van der Waals surface area contributed by atoms with Gasteiger partial charge in [0, 0.05) is 20.7 Å². The number of aromatic amines is 1. The van der Waals surface area contributed by atoms with Crippen LogP contribution in [0.25, 0.3) is 10.9 Å². The number of rotatable bonds is 4. The van der Waals surface area contributed by atoms with E-state index < -0.39 is 6.09 Å². The van der Waals surface area contributed by atoms with Gasteiger partial charge in [-0.15, -0.1) is 0 Å². The average Bonchev–Trinajstić information content (AvgIpc) is 2.92. The van der Waals surface area contributed by atoms with Gasteiger partial charge in [0.15, 0.2) is 0 Å². The van der Waals surface area contributed by atoms with E-state index in [1.165, 1.54) is 0 Å². The number of amides is 1. The minimum absolute atomic E-state index is 0.270. The lowest BCUT2D eigenvalue weighted by Crippen LogP contribution is -2.14. The SMILES string of the molecule is CCOC(=O)Nc1[nH]c2ccc(Sc3ccccc3)cc2c1C#N. The van der Waals surface area contributed by atoms with Crippen molar-refractivity contribution in [2.24, 2.45) is 0 Å². The molecule has 1 aromatic heterocycles. The lowest BCUT2D eigenvalue weighted by Gasteiger charge is -2.02. The number of aromatic nitrogens is 1. The van der Waals surface area contributed by atoms with Crippen LogP contribution < -0.4 is 5.32 Å². The Morgan fingerprint density at radius 3 is 2.75 bits per heavy atom. The molecule has 3 aromatic rings. The Bertz CT molecular complexity index is 913. The fourth-order valence-corrected chi connectivity index (χ4v) is 3.22. The Morgan fingerprint density at radius 2 is 2.04 bits per heavy atom. The molecule has 120 valence electrons. The quantitative estimate of drug-likeness (QED) is 0.719. The standard InChI is InChI=1S/C18H15N3O2S/c1-2-23-18(22)21-17-15(11-19)14-10-13(8-9-16(14)20-17)24-12-6-4-3-5-7-12/h3-10,20H,2H2,1H3,(H,21,22). The smallest absolute Gasteiger partial charge is 0.412 e. The van der Waals surface area contributed by atoms with Crippen LogP contribution in [0.4, 0.5) is 10.6 Å². The summed E-state index contributed by atoms with van der Waals surface area (Å²) in [4.78, 5) is 16.8. The van der Waals surface area contributed by atoms with Crippen molar-refractivity contribution >= 4 is 34.6 Å². The van der Waals surface area contributed by atoms with Crippen molar-refractivity contribution in [1.29, 1.82) is 5.26 Å². The molecule has 1 amide bonds. The Kier molecular flexibility index (Phi) is 4.73. The molecule has 0 saturated carbocycles. The maximum atomic E-state index is 11.6. The molecule has 2 aromatic carbocycles. The van der Waals surface area contributed by atoms with Crippen LogP contribution in [-0.4, -0.2) is 17.7 Å². The first-order chi connectivity index (χ1) is 11.7. The summed E-state index contributed by atoms with van der Waals surface area (Å²) >= 11 is 1.62. The Hall–Kier alpha value is -2.91. The van der Waals surface area contributed by atoms with Crippen LogP contribution in [-0.2, 0) is 4.74 Å². The molecule has 0 saturated heterocycles. The van der Waals surface area contributed by atoms with Crippen molar-refractivity contribution in [3.63, 3.8) is 0 Å². The molecule has 0 aliphatic rings. The lowest BCUT2D eigenvalue weighted by molar-refractivity contribution is 0.168. The van der Waals surface area contributed by atoms with Crippen molar-refractivity contribution in [2.45, 2.75) is 16.7 Å². The molecule has 5 nitrogen and oxygen atoms in total. The van der Waals surface area contributed by atoms with Crippen LogP contribution in [0, 0.1) is 11.3 Å². The third-order valence-electron chi connectivity index (χ3n) is 3.36. The number of carbonyl (C=O) groups is 1. The molecule has 0 radical (unpaired) electrons. The van der Waals surface area contributed by atoms with Crippen LogP contribution in [0.3, 0.4) is 0 Å². The number of nitrogens with zero attached hydrogens (tertiary/aromatic N) is 1. The van der Waals surface area contributed by atoms with Crippen LogP contribution in [0.1, 0.15) is 12.5 Å². The molecular formula is C18H15N3O2S. The fraction of sp³-hybridized carbons (Fsp3) is 0.111. The maximum absolute atomic E-state index is 11.6. The summed E-state index contributed by atoms with van der Waals surface area (Å²) in [6, 6.07) is 18.0. The van der Waals surface area contributed by atoms with E-state index in [0.717, 1.165) is 20.7 Å². The molecule has 0 unspecified atom stereocenters. The topological polar surface area (TPSA) is 77.9 Å². The predicted molar refractivity (Wildman–Crippen MR) is 94.2 cm³/mol. The molecule has 0 fully saturated rings. The van der Waals surface area contributed by atoms with Gasteiger partial charge < -0.3 is 9.72 Å². The lowest BCUT2D eigenvalue weighted by atomic mass is 10.2. The number of H-pyrrole nitrogens is 1. The van der Waals surface area contributed by atoms with Gasteiger partial charge in [-0.05, 0) is 37.3 Å². The van der Waals surface area contributed by atoms with E-state index in [0.29, 0.717) is 11.4 Å². The zero-order chi connectivity index (χ0) is 16.9. The number of nitrogens with one attached hydrogen (secondary N) is 2. The van der Waals surface area contributed by atoms with Gasteiger partial charge in [0.25, 0.3) is 0 Å². The summed E-state index contributed by atoms with van der Waals surface area (Å²) in [6.45, 7) is 1.99. The van der Waals surface area contributed by atoms with E-state index in [9.17, 15) is 10.1 Å². The zero-order valence-corrected chi connectivity index (χ0v) is 13.8. The predicted octanol–water partition coefficient (Wildman–Crippen LogP) is 4.76. The number of benzene rings is 2. The number of hydrogen-bond donors (Lipinski definition) is 2. The van der Waals surface area contributed by atoms with E-state index in [2.05, 4.69) is 16.4 Å². The number of fused-ring (bicyclic) bond motifs is 1. The highest BCUT2D eigenvalue weighted by Gasteiger charge is 2.14. The van der Waals surface area contributed by atoms with Crippen LogP contribution in [0.2, 0.25) is 0 Å². The second-order valence-corrected chi connectivity index (χ2v) is 6.10. The first-order valence-electron chi connectivity index (χ1n) is 7.43. The molecule has 0 atom stereocenters. The highest BCUT2D eigenvalue weighted by molar-refractivity contribution is 7.99. The van der Waals surface area contributed by atoms with Gasteiger partial charge in [-0.1, -0.05) is 30.0 Å². The van der Waals surface area contributed by atoms with Crippen LogP contribution in [0.5, 0.6) is 0 Å². The van der Waals surface area contributed by atoms with E-state index >= 15 is 0 Å². The Labute approximate surface area is 143 Å². The van der Waals surface area contributed by atoms with Crippen molar-refractivity contribution < 1.29 is 9.53 Å². The molecular weight excluding hydrogens is 322 g/mol. The highest BCUT2D eigenvalue weighted by Crippen LogP contribution is 2.33. The van der Waals surface area contributed by atoms with E-state index in [4.69, 9.17) is 4.74 Å². The van der Waals surface area contributed by atoms with E-state index in [1.807, 2.05) is 48.5 Å². The molecule has 0 aliphatic heterocycles. The van der Waals surface area contributed by atoms with Gasteiger partial charge in [0.1, 0.15) is 17.5 Å². The number of anilines is 1. The third kappa shape index (κ3) is 3.36. The second-order valence-electron chi connectivity index (χ2n) is 4.95. The monoisotopic (exact) mass is 337 g/mol. The summed E-state index contributed by atoms with van der Waals surface area (Å²) in [5.41, 5.74) is 1.18. The number of hydrogen-bond acceptors (Lipinski definition) is 4. The molecule has 3 rings (SSSR count). The van der Waals surface area contributed by atoms with Crippen molar-refractivity contribution in [1.82, 2.24) is 4.98 Å². The van der Waals surface area contributed by atoms with Gasteiger partial charge in [-0.3, -0.25) is 5.32 Å². The Balaban J connectivity index is 1.94. The Morgan fingerprint density at radius 1 is 1.25 bits per heavy atom. The molecule has 0 aliphatic carbocycles. The van der Waals surface area contributed by atoms with Gasteiger partial charge in [0.2, 0.25) is 0 Å². The fourth-order valence-electron chi connectivity index (χ4n) is 2.34. The number of nitriles is 1. The minimum atomic E-state index is -0.584. The normalized spacial score (nSPS) is 10.3. The molecule has 1 heterocycles. The largest absolute Gasteiger partial charge is 0.450 e. The van der Waals surface area contributed by atoms with Crippen molar-refractivity contribution in [2.75, 3.05) is 11.9 Å². The number of ether oxygens (including phenoxy) is 1. The van der Waals surface area contributed by atoms with E-state index in [1.54, 1.807) is 18.7 Å². The number of carbonyl (C=O) groups excluding carboxylic acids is 1. The first-order valence-corrected chi connectivity index (χ1v) is 8.25. The second kappa shape index (κ2) is 7.11. The average molecular weight is 337 g/mol. The maximum Gasteiger partial charge on any atom is 0.412 e. The summed E-state index contributed by atoms with van der Waals surface area (Å²) in [6.07, 6.45) is -0.584. The third-order valence-corrected chi connectivity index (χ3v) is 4.36. The molecule has 2 N–H and O–H groups in total. The first kappa shape index (κ1) is 16.0. The van der Waals surface area contributed by atoms with Crippen LogP contribution in [0.15, 0.2) is 58.3 Å². The summed E-state index contributed by atoms with van der Waals surface area (Å²) in [5.74, 6) is 0.354.